The third kappa shape index (κ3) is 5.36. The second kappa shape index (κ2) is 9.28. The molecular weight excluding hydrogens is 334 g/mol. The van der Waals surface area contributed by atoms with Gasteiger partial charge < -0.3 is 14.8 Å². The van der Waals surface area contributed by atoms with Gasteiger partial charge in [-0.2, -0.15) is 0 Å². The first-order valence-electron chi connectivity index (χ1n) is 8.31. The number of hydrogen-bond acceptors (Lipinski definition) is 4. The van der Waals surface area contributed by atoms with Crippen molar-refractivity contribution >= 4 is 23.3 Å². The summed E-state index contributed by atoms with van der Waals surface area (Å²) in [6.07, 6.45) is 3.94. The number of benzene rings is 1. The molecule has 0 aliphatic carbocycles. The Bertz CT molecular complexity index is 708. The maximum absolute atomic E-state index is 12.3. The van der Waals surface area contributed by atoms with E-state index in [9.17, 15) is 4.79 Å². The average Bonchev–Trinajstić information content (AvgIpc) is 3.12. The molecule has 0 saturated heterocycles. The molecule has 1 aromatic carbocycles. The third-order valence-corrected chi connectivity index (χ3v) is 4.69. The van der Waals surface area contributed by atoms with E-state index in [2.05, 4.69) is 19.2 Å². The second-order valence-electron chi connectivity index (χ2n) is 6.00. The standard InChI is InChI=1S/C20H25NO3S/c1-5-7-15-9-10-16(17(12-15)23-4)24-13-19(22)21-20(14(2)3)18-8-6-11-25-18/h5-12,14,20H,13H2,1-4H3,(H,21,22)/b7-5+/t20-/m1/s1. The number of carbonyl (C=O) groups excluding carboxylic acids is 1. The molecule has 0 fully saturated rings. The zero-order chi connectivity index (χ0) is 18.2. The summed E-state index contributed by atoms with van der Waals surface area (Å²) in [5, 5.41) is 5.07. The molecule has 2 aromatic rings. The fourth-order valence-electron chi connectivity index (χ4n) is 2.49. The molecule has 1 N–H and O–H groups in total. The smallest absolute Gasteiger partial charge is 0.258 e. The predicted octanol–water partition coefficient (Wildman–Crippen LogP) is 4.68. The van der Waals surface area contributed by atoms with E-state index in [1.54, 1.807) is 18.4 Å². The monoisotopic (exact) mass is 359 g/mol. The summed E-state index contributed by atoms with van der Waals surface area (Å²) >= 11 is 1.65. The molecule has 4 nitrogen and oxygen atoms in total. The van der Waals surface area contributed by atoms with Crippen LogP contribution >= 0.6 is 11.3 Å². The van der Waals surface area contributed by atoms with Gasteiger partial charge in [-0.05, 0) is 42.0 Å². The molecule has 1 aromatic heterocycles. The van der Waals surface area contributed by atoms with Crippen LogP contribution in [0.15, 0.2) is 41.8 Å². The summed E-state index contributed by atoms with van der Waals surface area (Å²) in [7, 11) is 1.59. The van der Waals surface area contributed by atoms with Crippen LogP contribution in [0.25, 0.3) is 6.08 Å². The van der Waals surface area contributed by atoms with Gasteiger partial charge in [0, 0.05) is 4.88 Å². The molecule has 5 heteroatoms. The van der Waals surface area contributed by atoms with E-state index in [0.29, 0.717) is 17.4 Å². The summed E-state index contributed by atoms with van der Waals surface area (Å²) in [6.45, 7) is 6.09. The highest BCUT2D eigenvalue weighted by molar-refractivity contribution is 7.10. The topological polar surface area (TPSA) is 47.6 Å². The first kappa shape index (κ1) is 19.1. The number of amides is 1. The van der Waals surface area contributed by atoms with Crippen LogP contribution in [0.2, 0.25) is 0 Å². The minimum Gasteiger partial charge on any atom is -0.493 e. The second-order valence-corrected chi connectivity index (χ2v) is 6.98. The zero-order valence-corrected chi connectivity index (χ0v) is 15.9. The van der Waals surface area contributed by atoms with Crippen molar-refractivity contribution in [2.24, 2.45) is 5.92 Å². The molecule has 2 rings (SSSR count). The van der Waals surface area contributed by atoms with Crippen LogP contribution in [0.3, 0.4) is 0 Å². The molecule has 0 unspecified atom stereocenters. The van der Waals surface area contributed by atoms with Gasteiger partial charge in [-0.15, -0.1) is 11.3 Å². The molecule has 1 heterocycles. The summed E-state index contributed by atoms with van der Waals surface area (Å²) in [6, 6.07) is 9.67. The lowest BCUT2D eigenvalue weighted by Gasteiger charge is -2.21. The molecule has 0 saturated carbocycles. The maximum Gasteiger partial charge on any atom is 0.258 e. The van der Waals surface area contributed by atoms with E-state index in [1.165, 1.54) is 0 Å². The Balaban J connectivity index is 1.99. The normalized spacial score (nSPS) is 12.4. The largest absolute Gasteiger partial charge is 0.493 e. The molecule has 0 spiro atoms. The number of carbonyl (C=O) groups is 1. The van der Waals surface area contributed by atoms with Crippen molar-refractivity contribution < 1.29 is 14.3 Å². The first-order valence-corrected chi connectivity index (χ1v) is 9.19. The number of hydrogen-bond donors (Lipinski definition) is 1. The Morgan fingerprint density at radius 1 is 1.28 bits per heavy atom. The Morgan fingerprint density at radius 2 is 2.08 bits per heavy atom. The minimum absolute atomic E-state index is 0.00457. The van der Waals surface area contributed by atoms with Gasteiger partial charge in [-0.3, -0.25) is 4.79 Å². The number of allylic oxidation sites excluding steroid dienone is 1. The Kier molecular flexibility index (Phi) is 7.07. The highest BCUT2D eigenvalue weighted by Gasteiger charge is 2.19. The van der Waals surface area contributed by atoms with Crippen LogP contribution in [0.5, 0.6) is 11.5 Å². The van der Waals surface area contributed by atoms with E-state index in [4.69, 9.17) is 9.47 Å². The van der Waals surface area contributed by atoms with Crippen molar-refractivity contribution in [1.82, 2.24) is 5.32 Å². The van der Waals surface area contributed by atoms with E-state index >= 15 is 0 Å². The van der Waals surface area contributed by atoms with Gasteiger partial charge in [0.2, 0.25) is 0 Å². The third-order valence-electron chi connectivity index (χ3n) is 3.74. The number of ether oxygens (including phenoxy) is 2. The molecule has 0 bridgehead atoms. The number of nitrogens with one attached hydrogen (secondary N) is 1. The van der Waals surface area contributed by atoms with Gasteiger partial charge in [0.15, 0.2) is 18.1 Å². The number of methoxy groups -OCH3 is 1. The van der Waals surface area contributed by atoms with Crippen LogP contribution in [0.1, 0.15) is 37.3 Å². The fraction of sp³-hybridized carbons (Fsp3) is 0.350. The van der Waals surface area contributed by atoms with Gasteiger partial charge in [-0.1, -0.05) is 38.1 Å². The predicted molar refractivity (Wildman–Crippen MR) is 103 cm³/mol. The fourth-order valence-corrected chi connectivity index (χ4v) is 3.44. The number of rotatable bonds is 8. The van der Waals surface area contributed by atoms with E-state index in [1.807, 2.05) is 54.8 Å². The molecule has 134 valence electrons. The van der Waals surface area contributed by atoms with Crippen LogP contribution < -0.4 is 14.8 Å². The summed E-state index contributed by atoms with van der Waals surface area (Å²) < 4.78 is 11.0. The van der Waals surface area contributed by atoms with Gasteiger partial charge in [-0.25, -0.2) is 0 Å². The molecule has 0 aliphatic rings. The van der Waals surface area contributed by atoms with Gasteiger partial charge in [0.25, 0.3) is 5.91 Å². The SMILES string of the molecule is C/C=C/c1ccc(OCC(=O)N[C@@H](c2cccs2)C(C)C)c(OC)c1. The van der Waals surface area contributed by atoms with Crippen molar-refractivity contribution in [2.45, 2.75) is 26.8 Å². The van der Waals surface area contributed by atoms with Crippen molar-refractivity contribution in [3.8, 4) is 11.5 Å². The van der Waals surface area contributed by atoms with E-state index < -0.39 is 0 Å². The number of thiophene rings is 1. The van der Waals surface area contributed by atoms with Crippen LogP contribution in [-0.2, 0) is 4.79 Å². The van der Waals surface area contributed by atoms with E-state index in [0.717, 1.165) is 10.4 Å². The molecular formula is C20H25NO3S. The lowest BCUT2D eigenvalue weighted by Crippen LogP contribution is -2.34. The lowest BCUT2D eigenvalue weighted by molar-refractivity contribution is -0.124. The lowest BCUT2D eigenvalue weighted by atomic mass is 10.0. The van der Waals surface area contributed by atoms with Crippen molar-refractivity contribution in [2.75, 3.05) is 13.7 Å². The Labute approximate surface area is 153 Å². The average molecular weight is 359 g/mol. The van der Waals surface area contributed by atoms with Crippen molar-refractivity contribution in [1.29, 1.82) is 0 Å². The quantitative estimate of drug-likeness (QED) is 0.744. The van der Waals surface area contributed by atoms with Crippen molar-refractivity contribution in [3.05, 3.63) is 52.2 Å². The minimum atomic E-state index is -0.147. The Morgan fingerprint density at radius 3 is 2.68 bits per heavy atom. The summed E-state index contributed by atoms with van der Waals surface area (Å²) in [5.41, 5.74) is 1.02. The summed E-state index contributed by atoms with van der Waals surface area (Å²) in [5.74, 6) is 1.33. The first-order chi connectivity index (χ1) is 12.0. The molecule has 0 radical (unpaired) electrons. The highest BCUT2D eigenvalue weighted by atomic mass is 32.1. The maximum atomic E-state index is 12.3. The van der Waals surface area contributed by atoms with Crippen LogP contribution in [-0.4, -0.2) is 19.6 Å². The van der Waals surface area contributed by atoms with Crippen LogP contribution in [0, 0.1) is 5.92 Å². The molecule has 0 aliphatic heterocycles. The zero-order valence-electron chi connectivity index (χ0n) is 15.1. The van der Waals surface area contributed by atoms with Gasteiger partial charge in [0.1, 0.15) is 0 Å². The van der Waals surface area contributed by atoms with Gasteiger partial charge >= 0.3 is 0 Å². The molecule has 1 amide bonds. The highest BCUT2D eigenvalue weighted by Crippen LogP contribution is 2.29. The van der Waals surface area contributed by atoms with Crippen LogP contribution in [0.4, 0.5) is 0 Å². The molecule has 1 atom stereocenters. The van der Waals surface area contributed by atoms with Crippen molar-refractivity contribution in [3.63, 3.8) is 0 Å². The molecule has 25 heavy (non-hydrogen) atoms. The van der Waals surface area contributed by atoms with Gasteiger partial charge in [0.05, 0.1) is 13.2 Å². The van der Waals surface area contributed by atoms with E-state index in [-0.39, 0.29) is 18.6 Å². The Hall–Kier alpha value is -2.27. The summed E-state index contributed by atoms with van der Waals surface area (Å²) in [4.78, 5) is 13.5.